The minimum atomic E-state index is 0.340. The Hall–Kier alpha value is -2.41. The molecule has 2 aromatic rings. The third-order valence-corrected chi connectivity index (χ3v) is 5.58. The first-order chi connectivity index (χ1) is 13.7. The van der Waals surface area contributed by atoms with Crippen molar-refractivity contribution in [1.29, 1.82) is 0 Å². The molecule has 1 aromatic carbocycles. The summed E-state index contributed by atoms with van der Waals surface area (Å²) in [4.78, 5) is 8.37. The maximum atomic E-state index is 5.61. The Bertz CT molecular complexity index is 720. The normalized spacial score (nSPS) is 16.3. The summed E-state index contributed by atoms with van der Waals surface area (Å²) in [5.41, 5.74) is 2.53. The van der Waals surface area contributed by atoms with E-state index in [2.05, 4.69) is 44.8 Å². The van der Waals surface area contributed by atoms with E-state index >= 15 is 0 Å². The van der Waals surface area contributed by atoms with Crippen LogP contribution in [0.15, 0.2) is 41.9 Å². The van der Waals surface area contributed by atoms with E-state index in [4.69, 9.17) is 4.74 Å². The molecule has 7 nitrogen and oxygen atoms in total. The molecule has 0 radical (unpaired) electrons. The van der Waals surface area contributed by atoms with Crippen LogP contribution >= 0.6 is 0 Å². The van der Waals surface area contributed by atoms with Crippen LogP contribution in [0.25, 0.3) is 5.69 Å². The molecule has 152 valence electrons. The Morgan fingerprint density at radius 3 is 2.64 bits per heavy atom. The monoisotopic (exact) mass is 384 g/mol. The number of rotatable bonds is 9. The van der Waals surface area contributed by atoms with Gasteiger partial charge < -0.3 is 15.4 Å². The molecule has 0 amide bonds. The summed E-state index contributed by atoms with van der Waals surface area (Å²) in [6, 6.07) is 8.28. The second-order valence-corrected chi connectivity index (χ2v) is 7.44. The number of hydrogen-bond acceptors (Lipinski definition) is 4. The highest BCUT2D eigenvalue weighted by molar-refractivity contribution is 5.79. The number of nitrogens with one attached hydrogen (secondary N) is 2. The van der Waals surface area contributed by atoms with E-state index in [1.54, 1.807) is 11.0 Å². The molecule has 0 spiro atoms. The fourth-order valence-electron chi connectivity index (χ4n) is 3.86. The minimum Gasteiger partial charge on any atom is -0.382 e. The van der Waals surface area contributed by atoms with Crippen LogP contribution in [0, 0.1) is 5.41 Å². The van der Waals surface area contributed by atoms with Gasteiger partial charge in [0.15, 0.2) is 5.96 Å². The quantitative estimate of drug-likeness (QED) is 0.395. The fraction of sp³-hybridized carbons (Fsp3) is 0.571. The molecule has 1 aliphatic rings. The number of ether oxygens (including phenoxy) is 1. The van der Waals surface area contributed by atoms with Gasteiger partial charge in [-0.3, -0.25) is 4.99 Å². The standard InChI is InChI=1S/C21H32N6O/c1-3-28-13-12-21(10-4-5-11-21)15-25-20(22-2)24-14-18-6-8-19(9-7-18)27-17-23-16-26-27/h6-9,16-17H,3-5,10-15H2,1-2H3,(H2,22,24,25). The zero-order chi connectivity index (χ0) is 19.7. The lowest BCUT2D eigenvalue weighted by atomic mass is 9.83. The maximum Gasteiger partial charge on any atom is 0.191 e. The van der Waals surface area contributed by atoms with Crippen molar-refractivity contribution in [2.45, 2.75) is 45.6 Å². The average molecular weight is 385 g/mol. The summed E-state index contributed by atoms with van der Waals surface area (Å²) >= 11 is 0. The predicted octanol–water partition coefficient (Wildman–Crippen LogP) is 2.92. The highest BCUT2D eigenvalue weighted by atomic mass is 16.5. The molecule has 0 aliphatic heterocycles. The molecular formula is C21H32N6O. The van der Waals surface area contributed by atoms with Crippen molar-refractivity contribution in [3.05, 3.63) is 42.5 Å². The molecule has 7 heteroatoms. The first-order valence-corrected chi connectivity index (χ1v) is 10.2. The van der Waals surface area contributed by atoms with Crippen LogP contribution in [-0.4, -0.2) is 47.5 Å². The van der Waals surface area contributed by atoms with Crippen LogP contribution in [0.5, 0.6) is 0 Å². The molecule has 1 fully saturated rings. The summed E-state index contributed by atoms with van der Waals surface area (Å²) in [7, 11) is 1.82. The predicted molar refractivity (Wildman–Crippen MR) is 112 cm³/mol. The van der Waals surface area contributed by atoms with Crippen molar-refractivity contribution in [1.82, 2.24) is 25.4 Å². The lowest BCUT2D eigenvalue weighted by molar-refractivity contribution is 0.105. The number of hydrogen-bond donors (Lipinski definition) is 2. The van der Waals surface area contributed by atoms with Crippen molar-refractivity contribution in [3.8, 4) is 5.69 Å². The highest BCUT2D eigenvalue weighted by Gasteiger charge is 2.33. The maximum absolute atomic E-state index is 5.61. The first-order valence-electron chi connectivity index (χ1n) is 10.2. The molecule has 0 unspecified atom stereocenters. The topological polar surface area (TPSA) is 76.4 Å². The molecule has 1 aliphatic carbocycles. The van der Waals surface area contributed by atoms with Gasteiger partial charge in [0, 0.05) is 33.4 Å². The van der Waals surface area contributed by atoms with Crippen molar-refractivity contribution in [3.63, 3.8) is 0 Å². The van der Waals surface area contributed by atoms with Crippen molar-refractivity contribution in [2.75, 3.05) is 26.8 Å². The molecule has 1 aromatic heterocycles. The average Bonchev–Trinajstić information content (AvgIpc) is 3.42. The summed E-state index contributed by atoms with van der Waals surface area (Å²) in [5.74, 6) is 0.850. The summed E-state index contributed by atoms with van der Waals surface area (Å²) < 4.78 is 7.36. The smallest absolute Gasteiger partial charge is 0.191 e. The van der Waals surface area contributed by atoms with Gasteiger partial charge in [-0.2, -0.15) is 5.10 Å². The largest absolute Gasteiger partial charge is 0.382 e. The molecule has 0 atom stereocenters. The van der Waals surface area contributed by atoms with Crippen molar-refractivity contribution < 1.29 is 4.74 Å². The fourth-order valence-corrected chi connectivity index (χ4v) is 3.86. The van der Waals surface area contributed by atoms with Gasteiger partial charge in [-0.25, -0.2) is 9.67 Å². The van der Waals surface area contributed by atoms with Crippen molar-refractivity contribution in [2.24, 2.45) is 10.4 Å². The minimum absolute atomic E-state index is 0.340. The summed E-state index contributed by atoms with van der Waals surface area (Å²) in [6.07, 6.45) is 9.53. The van der Waals surface area contributed by atoms with Crippen LogP contribution in [0.1, 0.15) is 44.6 Å². The Balaban J connectivity index is 1.49. The SMILES string of the molecule is CCOCCC1(CNC(=NC)NCc2ccc(-n3cncn3)cc2)CCCC1. The number of guanidine groups is 1. The molecule has 3 rings (SSSR count). The van der Waals surface area contributed by atoms with Gasteiger partial charge in [-0.15, -0.1) is 0 Å². The number of aromatic nitrogens is 3. The van der Waals surface area contributed by atoms with Gasteiger partial charge in [0.2, 0.25) is 0 Å². The van der Waals surface area contributed by atoms with Gasteiger partial charge >= 0.3 is 0 Å². The second-order valence-electron chi connectivity index (χ2n) is 7.44. The zero-order valence-electron chi connectivity index (χ0n) is 17.0. The van der Waals surface area contributed by atoms with Gasteiger partial charge in [-0.05, 0) is 49.3 Å². The highest BCUT2D eigenvalue weighted by Crippen LogP contribution is 2.40. The van der Waals surface area contributed by atoms with E-state index in [1.165, 1.54) is 37.6 Å². The molecule has 0 saturated heterocycles. The van der Waals surface area contributed by atoms with Crippen LogP contribution in [0.3, 0.4) is 0 Å². The Morgan fingerprint density at radius 1 is 1.21 bits per heavy atom. The molecule has 1 saturated carbocycles. The van der Waals surface area contributed by atoms with Gasteiger partial charge in [0.25, 0.3) is 0 Å². The first kappa shape index (κ1) is 20.3. The van der Waals surface area contributed by atoms with E-state index in [1.807, 2.05) is 19.2 Å². The van der Waals surface area contributed by atoms with Gasteiger partial charge in [0.1, 0.15) is 12.7 Å². The van der Waals surface area contributed by atoms with Gasteiger partial charge in [0.05, 0.1) is 5.69 Å². The van der Waals surface area contributed by atoms with Crippen molar-refractivity contribution >= 4 is 5.96 Å². The molecule has 2 N–H and O–H groups in total. The number of benzene rings is 1. The lowest BCUT2D eigenvalue weighted by Crippen LogP contribution is -2.43. The molecular weight excluding hydrogens is 352 g/mol. The number of nitrogens with zero attached hydrogens (tertiary/aromatic N) is 4. The van der Waals surface area contributed by atoms with E-state index < -0.39 is 0 Å². The molecule has 1 heterocycles. The summed E-state index contributed by atoms with van der Waals surface area (Å²) in [6.45, 7) is 5.38. The molecule has 28 heavy (non-hydrogen) atoms. The third-order valence-electron chi connectivity index (χ3n) is 5.58. The van der Waals surface area contributed by atoms with E-state index in [0.717, 1.165) is 44.4 Å². The molecule has 0 bridgehead atoms. The van der Waals surface area contributed by atoms with E-state index in [-0.39, 0.29) is 0 Å². The Kier molecular flexibility index (Phi) is 7.42. The van der Waals surface area contributed by atoms with Crippen LogP contribution in [0.4, 0.5) is 0 Å². The zero-order valence-corrected chi connectivity index (χ0v) is 17.0. The Morgan fingerprint density at radius 2 is 2.00 bits per heavy atom. The second kappa shape index (κ2) is 10.2. The van der Waals surface area contributed by atoms with E-state index in [0.29, 0.717) is 5.41 Å². The summed E-state index contributed by atoms with van der Waals surface area (Å²) in [5, 5.41) is 11.1. The third kappa shape index (κ3) is 5.55. The Labute approximate surface area is 167 Å². The van der Waals surface area contributed by atoms with Crippen LogP contribution in [-0.2, 0) is 11.3 Å². The number of aliphatic imine (C=N–C) groups is 1. The lowest BCUT2D eigenvalue weighted by Gasteiger charge is -2.30. The van der Waals surface area contributed by atoms with E-state index in [9.17, 15) is 0 Å². The van der Waals surface area contributed by atoms with Crippen LogP contribution < -0.4 is 10.6 Å². The van der Waals surface area contributed by atoms with Crippen LogP contribution in [0.2, 0.25) is 0 Å². The van der Waals surface area contributed by atoms with Gasteiger partial charge in [-0.1, -0.05) is 25.0 Å².